The minimum absolute atomic E-state index is 0.192. The number of amides is 2. The summed E-state index contributed by atoms with van der Waals surface area (Å²) in [6.45, 7) is 0.552. The van der Waals surface area contributed by atoms with Crippen molar-refractivity contribution in [2.45, 2.75) is 31.4 Å². The van der Waals surface area contributed by atoms with Crippen LogP contribution in [-0.4, -0.2) is 30.6 Å². The number of nitrogens with zero attached hydrogens (tertiary/aromatic N) is 1. The van der Waals surface area contributed by atoms with Crippen LogP contribution >= 0.6 is 0 Å². The molecule has 0 unspecified atom stereocenters. The van der Waals surface area contributed by atoms with Crippen molar-refractivity contribution in [1.29, 1.82) is 5.26 Å². The molecule has 0 saturated carbocycles. The fourth-order valence-corrected chi connectivity index (χ4v) is 2.30. The number of rotatable bonds is 5. The second-order valence-corrected chi connectivity index (χ2v) is 4.94. The Kier molecular flexibility index (Phi) is 4.90. The Hall–Kier alpha value is -2.39. The molecule has 1 aromatic carbocycles. The fraction of sp³-hybridized carbons (Fsp3) is 0.400. The van der Waals surface area contributed by atoms with Crippen LogP contribution in [0.2, 0.25) is 0 Å². The lowest BCUT2D eigenvalue weighted by molar-refractivity contribution is -0.133. The molecule has 1 saturated heterocycles. The fourth-order valence-electron chi connectivity index (χ4n) is 2.30. The molecule has 0 bridgehead atoms. The van der Waals surface area contributed by atoms with E-state index in [1.165, 1.54) is 0 Å². The normalized spacial score (nSPS) is 18.7. The molecule has 1 aromatic rings. The first-order chi connectivity index (χ1) is 10.1. The van der Waals surface area contributed by atoms with E-state index in [0.29, 0.717) is 24.2 Å². The van der Waals surface area contributed by atoms with Crippen molar-refractivity contribution in [3.8, 4) is 6.07 Å². The van der Waals surface area contributed by atoms with Crippen LogP contribution in [-0.2, 0) is 20.7 Å². The average Bonchev–Trinajstić information content (AvgIpc) is 3.01. The van der Waals surface area contributed by atoms with E-state index in [0.717, 1.165) is 6.42 Å². The number of primary amides is 1. The van der Waals surface area contributed by atoms with Gasteiger partial charge in [0.1, 0.15) is 12.1 Å². The third-order valence-corrected chi connectivity index (χ3v) is 3.44. The van der Waals surface area contributed by atoms with Gasteiger partial charge < -0.3 is 15.8 Å². The Morgan fingerprint density at radius 1 is 1.48 bits per heavy atom. The van der Waals surface area contributed by atoms with Crippen molar-refractivity contribution in [3.63, 3.8) is 0 Å². The molecule has 0 aliphatic carbocycles. The van der Waals surface area contributed by atoms with Gasteiger partial charge in [-0.25, -0.2) is 0 Å². The Morgan fingerprint density at radius 2 is 2.24 bits per heavy atom. The van der Waals surface area contributed by atoms with Crippen molar-refractivity contribution < 1.29 is 14.3 Å². The van der Waals surface area contributed by atoms with E-state index in [-0.39, 0.29) is 12.3 Å². The van der Waals surface area contributed by atoms with Crippen LogP contribution in [0.5, 0.6) is 0 Å². The maximum absolute atomic E-state index is 12.0. The van der Waals surface area contributed by atoms with Crippen LogP contribution in [0.25, 0.3) is 0 Å². The van der Waals surface area contributed by atoms with Gasteiger partial charge in [-0.05, 0) is 24.5 Å². The van der Waals surface area contributed by atoms with Crippen LogP contribution in [0.3, 0.4) is 0 Å². The Morgan fingerprint density at radius 3 is 2.86 bits per heavy atom. The van der Waals surface area contributed by atoms with Gasteiger partial charge in [0.25, 0.3) is 0 Å². The molecule has 1 fully saturated rings. The summed E-state index contributed by atoms with van der Waals surface area (Å²) in [6.07, 6.45) is 1.15. The number of carbonyl (C=O) groups is 2. The van der Waals surface area contributed by atoms with Gasteiger partial charge in [0.15, 0.2) is 0 Å². The molecule has 1 aliphatic heterocycles. The SMILES string of the molecule is N#Cc1ccccc1C[C@H](NC(=O)[C@H]1CCCO1)C(N)=O. The molecule has 6 nitrogen and oxygen atoms in total. The summed E-state index contributed by atoms with van der Waals surface area (Å²) >= 11 is 0. The highest BCUT2D eigenvalue weighted by atomic mass is 16.5. The minimum atomic E-state index is -0.851. The first-order valence-corrected chi connectivity index (χ1v) is 6.81. The molecule has 2 atom stereocenters. The van der Waals surface area contributed by atoms with Gasteiger partial charge >= 0.3 is 0 Å². The molecule has 21 heavy (non-hydrogen) atoms. The van der Waals surface area contributed by atoms with Crippen molar-refractivity contribution >= 4 is 11.8 Å². The molecule has 1 aliphatic rings. The summed E-state index contributed by atoms with van der Waals surface area (Å²) in [5.74, 6) is -0.958. The smallest absolute Gasteiger partial charge is 0.249 e. The molecule has 0 aromatic heterocycles. The van der Waals surface area contributed by atoms with Crippen molar-refractivity contribution in [3.05, 3.63) is 35.4 Å². The van der Waals surface area contributed by atoms with Gasteiger partial charge in [0.2, 0.25) is 11.8 Å². The second kappa shape index (κ2) is 6.86. The van der Waals surface area contributed by atoms with Crippen molar-refractivity contribution in [2.75, 3.05) is 6.61 Å². The summed E-state index contributed by atoms with van der Waals surface area (Å²) in [5, 5.41) is 11.7. The molecular weight excluding hydrogens is 270 g/mol. The summed E-state index contributed by atoms with van der Waals surface area (Å²) in [4.78, 5) is 23.5. The van der Waals surface area contributed by atoms with E-state index in [2.05, 4.69) is 11.4 Å². The molecule has 2 rings (SSSR count). The summed E-state index contributed by atoms with van der Waals surface area (Å²) in [7, 11) is 0. The largest absolute Gasteiger partial charge is 0.368 e. The van der Waals surface area contributed by atoms with Crippen LogP contribution in [0.1, 0.15) is 24.0 Å². The number of ether oxygens (including phenoxy) is 1. The third-order valence-electron chi connectivity index (χ3n) is 3.44. The molecule has 0 radical (unpaired) electrons. The molecule has 6 heteroatoms. The Bertz CT molecular complexity index is 574. The number of benzene rings is 1. The van der Waals surface area contributed by atoms with Gasteiger partial charge in [0.05, 0.1) is 11.6 Å². The number of hydrogen-bond donors (Lipinski definition) is 2. The predicted octanol–water partition coefficient (Wildman–Crippen LogP) is 0.250. The van der Waals surface area contributed by atoms with Crippen molar-refractivity contribution in [2.24, 2.45) is 5.73 Å². The van der Waals surface area contributed by atoms with Crippen LogP contribution in [0.4, 0.5) is 0 Å². The van der Waals surface area contributed by atoms with E-state index in [9.17, 15) is 9.59 Å². The van der Waals surface area contributed by atoms with E-state index >= 15 is 0 Å². The molecule has 1 heterocycles. The van der Waals surface area contributed by atoms with Gasteiger partial charge in [-0.1, -0.05) is 18.2 Å². The molecule has 2 amide bonds. The summed E-state index contributed by atoms with van der Waals surface area (Å²) in [6, 6.07) is 8.13. The topological polar surface area (TPSA) is 105 Å². The van der Waals surface area contributed by atoms with E-state index in [1.54, 1.807) is 24.3 Å². The Balaban J connectivity index is 2.07. The van der Waals surface area contributed by atoms with E-state index in [1.807, 2.05) is 0 Å². The van der Waals surface area contributed by atoms with Crippen LogP contribution in [0, 0.1) is 11.3 Å². The van der Waals surface area contributed by atoms with Gasteiger partial charge in [-0.15, -0.1) is 0 Å². The molecule has 0 spiro atoms. The monoisotopic (exact) mass is 287 g/mol. The third kappa shape index (κ3) is 3.80. The molecule has 3 N–H and O–H groups in total. The van der Waals surface area contributed by atoms with Crippen molar-refractivity contribution in [1.82, 2.24) is 5.32 Å². The lowest BCUT2D eigenvalue weighted by Gasteiger charge is -2.18. The highest BCUT2D eigenvalue weighted by Gasteiger charge is 2.27. The van der Waals surface area contributed by atoms with E-state index in [4.69, 9.17) is 15.7 Å². The first kappa shape index (κ1) is 15.0. The Labute approximate surface area is 122 Å². The zero-order valence-electron chi connectivity index (χ0n) is 11.5. The van der Waals surface area contributed by atoms with E-state index < -0.39 is 18.1 Å². The number of nitrogens with one attached hydrogen (secondary N) is 1. The minimum Gasteiger partial charge on any atom is -0.368 e. The molecular formula is C15H17N3O3. The lowest BCUT2D eigenvalue weighted by atomic mass is 10.00. The van der Waals surface area contributed by atoms with Crippen LogP contribution in [0.15, 0.2) is 24.3 Å². The zero-order valence-corrected chi connectivity index (χ0v) is 11.5. The predicted molar refractivity (Wildman–Crippen MR) is 75.0 cm³/mol. The number of nitriles is 1. The molecule has 110 valence electrons. The quantitative estimate of drug-likeness (QED) is 0.809. The maximum atomic E-state index is 12.0. The highest BCUT2D eigenvalue weighted by Crippen LogP contribution is 2.14. The number of carbonyl (C=O) groups excluding carboxylic acids is 2. The van der Waals surface area contributed by atoms with Gasteiger partial charge in [0, 0.05) is 13.0 Å². The summed E-state index contributed by atoms with van der Waals surface area (Å²) in [5.41, 5.74) is 6.49. The van der Waals surface area contributed by atoms with Gasteiger partial charge in [-0.3, -0.25) is 9.59 Å². The summed E-state index contributed by atoms with van der Waals surface area (Å²) < 4.78 is 5.27. The lowest BCUT2D eigenvalue weighted by Crippen LogP contribution is -2.49. The second-order valence-electron chi connectivity index (χ2n) is 4.94. The first-order valence-electron chi connectivity index (χ1n) is 6.81. The average molecular weight is 287 g/mol. The standard InChI is InChI=1S/C15H17N3O3/c16-9-11-5-2-1-4-10(11)8-12(14(17)19)18-15(20)13-6-3-7-21-13/h1-2,4-5,12-13H,3,6-8H2,(H2,17,19)(H,18,20)/t12-,13+/m0/s1. The highest BCUT2D eigenvalue weighted by molar-refractivity contribution is 5.88. The maximum Gasteiger partial charge on any atom is 0.249 e. The number of hydrogen-bond acceptors (Lipinski definition) is 4. The zero-order chi connectivity index (χ0) is 15.2. The number of nitrogens with two attached hydrogens (primary N) is 1. The van der Waals surface area contributed by atoms with Gasteiger partial charge in [-0.2, -0.15) is 5.26 Å². The van der Waals surface area contributed by atoms with Crippen LogP contribution < -0.4 is 11.1 Å².